The Morgan fingerprint density at radius 1 is 1.07 bits per heavy atom. The molecule has 2 aromatic heterocycles. The number of aryl methyl sites for hydroxylation is 1. The van der Waals surface area contributed by atoms with E-state index in [-0.39, 0.29) is 18.9 Å². The van der Waals surface area contributed by atoms with Crippen LogP contribution in [-0.2, 0) is 29.2 Å². The molecular weight excluding hydrogens is 556 g/mol. The number of anilines is 2. The van der Waals surface area contributed by atoms with Gasteiger partial charge in [0, 0.05) is 35.7 Å². The Morgan fingerprint density at radius 3 is 2.40 bits per heavy atom. The van der Waals surface area contributed by atoms with Crippen molar-refractivity contribution in [3.63, 3.8) is 0 Å². The van der Waals surface area contributed by atoms with Crippen molar-refractivity contribution in [2.24, 2.45) is 5.92 Å². The lowest BCUT2D eigenvalue weighted by atomic mass is 10.1. The molecule has 0 aliphatic carbocycles. The lowest BCUT2D eigenvalue weighted by Crippen LogP contribution is -2.44. The summed E-state index contributed by atoms with van der Waals surface area (Å²) >= 11 is 4.46. The highest BCUT2D eigenvalue weighted by Crippen LogP contribution is 2.24. The van der Waals surface area contributed by atoms with E-state index in [1.54, 1.807) is 68.6 Å². The van der Waals surface area contributed by atoms with Crippen molar-refractivity contribution < 1.29 is 14.1 Å². The summed E-state index contributed by atoms with van der Waals surface area (Å²) < 4.78 is 21.9. The molecule has 2 atom stereocenters. The van der Waals surface area contributed by atoms with Gasteiger partial charge in [-0.2, -0.15) is 4.72 Å². The topological polar surface area (TPSA) is 143 Å². The minimum atomic E-state index is -1.57. The second-order valence-corrected chi connectivity index (χ2v) is 10.5. The summed E-state index contributed by atoms with van der Waals surface area (Å²) in [4.78, 5) is 47.2. The minimum Gasteiger partial charge on any atom is -0.593 e. The normalized spacial score (nSPS) is 12.4. The number of nitrogens with one attached hydrogen (secondary N) is 2. The van der Waals surface area contributed by atoms with Crippen molar-refractivity contribution in [1.82, 2.24) is 23.8 Å². The van der Waals surface area contributed by atoms with Gasteiger partial charge in [-0.3, -0.25) is 23.7 Å². The van der Waals surface area contributed by atoms with Crippen molar-refractivity contribution in [3.05, 3.63) is 104 Å². The number of aromatic nitrogens is 4. The zero-order valence-electron chi connectivity index (χ0n) is 22.0. The fourth-order valence-electron chi connectivity index (χ4n) is 3.77. The number of halogens is 1. The Morgan fingerprint density at radius 2 is 1.75 bits per heavy atom. The molecule has 0 aliphatic heterocycles. The highest BCUT2D eigenvalue weighted by Gasteiger charge is 2.21. The van der Waals surface area contributed by atoms with Gasteiger partial charge >= 0.3 is 5.69 Å². The molecule has 40 heavy (non-hydrogen) atoms. The molecule has 0 aliphatic rings. The summed E-state index contributed by atoms with van der Waals surface area (Å²) in [5.74, 6) is -0.133. The zero-order valence-corrected chi connectivity index (χ0v) is 23.5. The smallest absolute Gasteiger partial charge is 0.332 e. The molecule has 2 heterocycles. The van der Waals surface area contributed by atoms with Gasteiger partial charge in [-0.25, -0.2) is 9.78 Å². The van der Waals surface area contributed by atoms with E-state index < -0.39 is 34.4 Å². The summed E-state index contributed by atoms with van der Waals surface area (Å²) in [6.07, 6.45) is 4.44. The van der Waals surface area contributed by atoms with E-state index in [9.17, 15) is 18.9 Å². The number of amides is 1. The molecule has 13 heteroatoms. The number of hydrogen-bond donors (Lipinski definition) is 2. The average molecular weight is 583 g/mol. The van der Waals surface area contributed by atoms with Crippen LogP contribution in [0, 0.1) is 12.8 Å². The first-order valence-electron chi connectivity index (χ1n) is 12.2. The van der Waals surface area contributed by atoms with Crippen LogP contribution in [0.4, 0.5) is 11.5 Å². The van der Waals surface area contributed by atoms with E-state index in [2.05, 4.69) is 20.0 Å². The third kappa shape index (κ3) is 7.29. The van der Waals surface area contributed by atoms with Crippen LogP contribution in [0.15, 0.2) is 76.6 Å². The lowest BCUT2D eigenvalue weighted by molar-refractivity contribution is -0.123. The molecule has 0 spiro atoms. The van der Waals surface area contributed by atoms with Crippen LogP contribution < -0.4 is 26.0 Å². The Bertz CT molecular complexity index is 1610. The van der Waals surface area contributed by atoms with Gasteiger partial charge in [0.15, 0.2) is 0 Å². The number of hydrogen-bond acceptors (Lipinski definition) is 8. The van der Waals surface area contributed by atoms with E-state index in [4.69, 9.17) is 16.3 Å². The van der Waals surface area contributed by atoms with Crippen LogP contribution in [0.1, 0.15) is 18.2 Å². The first-order valence-corrected chi connectivity index (χ1v) is 14.1. The molecule has 0 saturated carbocycles. The molecule has 1 amide bonds. The average Bonchev–Trinajstić information content (AvgIpc) is 2.91. The van der Waals surface area contributed by atoms with E-state index in [0.717, 1.165) is 10.1 Å². The Hall–Kier alpha value is -4.13. The Labute approximate surface area is 238 Å². The molecule has 0 fully saturated rings. The SMILES string of the molecule is Cc1nccnc1Oc1ccc(Nc2cc(=O)n(C[C@H](C)C(=O)N[S+](C)[O-])c(=O)n2Cc2ccc(Cl)cc2)cc1. The Balaban J connectivity index is 1.65. The highest BCUT2D eigenvalue weighted by atomic mass is 35.5. The Kier molecular flexibility index (Phi) is 9.25. The molecule has 0 bridgehead atoms. The maximum Gasteiger partial charge on any atom is 0.332 e. The number of nitrogens with zero attached hydrogens (tertiary/aromatic N) is 4. The van der Waals surface area contributed by atoms with Gasteiger partial charge < -0.3 is 14.6 Å². The largest absolute Gasteiger partial charge is 0.593 e. The van der Waals surface area contributed by atoms with Gasteiger partial charge in [0.25, 0.3) is 11.5 Å². The third-order valence-electron chi connectivity index (χ3n) is 5.86. The summed E-state index contributed by atoms with van der Waals surface area (Å²) in [5.41, 5.74) is 0.819. The van der Waals surface area contributed by atoms with Gasteiger partial charge in [-0.05, 0) is 48.9 Å². The van der Waals surface area contributed by atoms with Gasteiger partial charge in [0.2, 0.25) is 5.88 Å². The summed E-state index contributed by atoms with van der Waals surface area (Å²) in [6.45, 7) is 3.29. The van der Waals surface area contributed by atoms with Crippen LogP contribution in [-0.4, -0.2) is 35.8 Å². The number of carbonyl (C=O) groups excluding carboxylic acids is 1. The molecular formula is C27H27ClN6O5S. The van der Waals surface area contributed by atoms with Crippen molar-refractivity contribution in [2.45, 2.75) is 26.9 Å². The van der Waals surface area contributed by atoms with Crippen molar-refractivity contribution in [2.75, 3.05) is 11.6 Å². The van der Waals surface area contributed by atoms with Crippen LogP contribution in [0.5, 0.6) is 11.6 Å². The number of ether oxygens (including phenoxy) is 1. The maximum absolute atomic E-state index is 13.6. The van der Waals surface area contributed by atoms with Gasteiger partial charge in [0.1, 0.15) is 17.8 Å². The van der Waals surface area contributed by atoms with Gasteiger partial charge in [-0.1, -0.05) is 30.7 Å². The number of carbonyl (C=O) groups is 1. The van der Waals surface area contributed by atoms with E-state index in [0.29, 0.717) is 28.0 Å². The molecule has 208 valence electrons. The van der Waals surface area contributed by atoms with Gasteiger partial charge in [-0.15, -0.1) is 0 Å². The summed E-state index contributed by atoms with van der Waals surface area (Å²) in [5, 5.41) is 3.69. The number of rotatable bonds is 10. The second kappa shape index (κ2) is 12.8. The predicted molar refractivity (Wildman–Crippen MR) is 153 cm³/mol. The second-order valence-electron chi connectivity index (χ2n) is 8.99. The molecule has 2 aromatic carbocycles. The van der Waals surface area contributed by atoms with Crippen molar-refractivity contribution >= 4 is 40.4 Å². The lowest BCUT2D eigenvalue weighted by Gasteiger charge is -2.19. The summed E-state index contributed by atoms with van der Waals surface area (Å²) in [7, 11) is 0. The molecule has 1 unspecified atom stereocenters. The maximum atomic E-state index is 13.6. The molecule has 0 radical (unpaired) electrons. The van der Waals surface area contributed by atoms with Crippen LogP contribution in [0.3, 0.4) is 0 Å². The minimum absolute atomic E-state index is 0.130. The van der Waals surface area contributed by atoms with Gasteiger partial charge in [0.05, 0.1) is 29.5 Å². The van der Waals surface area contributed by atoms with Crippen LogP contribution in [0.2, 0.25) is 5.02 Å². The van der Waals surface area contributed by atoms with E-state index >= 15 is 0 Å². The number of benzene rings is 2. The molecule has 4 rings (SSSR count). The van der Waals surface area contributed by atoms with Crippen molar-refractivity contribution in [3.8, 4) is 11.6 Å². The fraction of sp³-hybridized carbons (Fsp3) is 0.222. The standard InChI is InChI=1S/C27H27ClN6O5S/c1-17(25(36)32-40(3)38)15-34-24(35)14-23(33(27(34)37)16-19-4-6-20(28)7-5-19)31-21-8-10-22(11-9-21)39-26-18(2)29-12-13-30-26/h4-14,17,31H,15-16H2,1-3H3,(H,32,36)/t17-,40?/m0/s1. The third-order valence-corrected chi connectivity index (χ3v) is 6.60. The molecule has 4 aromatic rings. The van der Waals surface area contributed by atoms with Crippen LogP contribution in [0.25, 0.3) is 0 Å². The van der Waals surface area contributed by atoms with E-state index in [1.807, 2.05) is 0 Å². The first-order chi connectivity index (χ1) is 19.1. The fourth-order valence-corrected chi connectivity index (χ4v) is 4.38. The summed E-state index contributed by atoms with van der Waals surface area (Å²) in [6, 6.07) is 15.2. The van der Waals surface area contributed by atoms with E-state index in [1.165, 1.54) is 23.1 Å². The van der Waals surface area contributed by atoms with Crippen LogP contribution >= 0.6 is 11.6 Å². The zero-order chi connectivity index (χ0) is 28.8. The molecule has 0 saturated heterocycles. The molecule has 2 N–H and O–H groups in total. The van der Waals surface area contributed by atoms with Crippen molar-refractivity contribution in [1.29, 1.82) is 0 Å². The molecule has 11 nitrogen and oxygen atoms in total. The highest BCUT2D eigenvalue weighted by molar-refractivity contribution is 7.89. The quantitative estimate of drug-likeness (QED) is 0.271. The monoisotopic (exact) mass is 582 g/mol. The first kappa shape index (κ1) is 28.9. The predicted octanol–water partition coefficient (Wildman–Crippen LogP) is 3.39.